The summed E-state index contributed by atoms with van der Waals surface area (Å²) in [6, 6.07) is 6.58. The van der Waals surface area contributed by atoms with E-state index in [1.54, 1.807) is 10.4 Å². The molecule has 0 saturated carbocycles. The Labute approximate surface area is 122 Å². The Hall–Kier alpha value is -1.65. The molecule has 0 saturated heterocycles. The smallest absolute Gasteiger partial charge is 0.137 e. The lowest BCUT2D eigenvalue weighted by molar-refractivity contribution is 0.703. The van der Waals surface area contributed by atoms with Crippen molar-refractivity contribution in [3.63, 3.8) is 0 Å². The Bertz CT molecular complexity index is 720. The van der Waals surface area contributed by atoms with Gasteiger partial charge in [-0.1, -0.05) is 0 Å². The zero-order valence-electron chi connectivity index (χ0n) is 11.3. The number of thiophene rings is 1. The third kappa shape index (κ3) is 2.15. The number of aryl methyl sites for hydroxylation is 2. The van der Waals surface area contributed by atoms with Crippen molar-refractivity contribution in [3.8, 4) is 0 Å². The van der Waals surface area contributed by atoms with Crippen molar-refractivity contribution in [3.05, 3.63) is 51.5 Å². The Morgan fingerprint density at radius 3 is 3.20 bits per heavy atom. The quantitative estimate of drug-likeness (QED) is 0.770. The van der Waals surface area contributed by atoms with E-state index in [4.69, 9.17) is 0 Å². The zero-order valence-corrected chi connectivity index (χ0v) is 12.1. The molecule has 0 fully saturated rings. The van der Waals surface area contributed by atoms with Crippen LogP contribution in [0, 0.1) is 0 Å². The number of nitrogens with zero attached hydrogens (tertiary/aromatic N) is 1. The minimum atomic E-state index is 0.888. The third-order valence-electron chi connectivity index (χ3n) is 3.96. The van der Waals surface area contributed by atoms with Gasteiger partial charge >= 0.3 is 0 Å². The Morgan fingerprint density at radius 1 is 1.25 bits per heavy atom. The van der Waals surface area contributed by atoms with Crippen LogP contribution in [0.1, 0.15) is 27.3 Å². The monoisotopic (exact) mass is 283 g/mol. The van der Waals surface area contributed by atoms with Crippen molar-refractivity contribution >= 4 is 22.4 Å². The van der Waals surface area contributed by atoms with Gasteiger partial charge in [0.1, 0.15) is 5.65 Å². The summed E-state index contributed by atoms with van der Waals surface area (Å²) < 4.78 is 0. The number of rotatable bonds is 4. The van der Waals surface area contributed by atoms with Crippen LogP contribution in [-0.2, 0) is 25.9 Å². The molecule has 1 aliphatic rings. The van der Waals surface area contributed by atoms with Gasteiger partial charge in [0.25, 0.3) is 0 Å². The van der Waals surface area contributed by atoms with E-state index in [0.29, 0.717) is 0 Å². The van der Waals surface area contributed by atoms with Crippen LogP contribution in [0.25, 0.3) is 11.0 Å². The summed E-state index contributed by atoms with van der Waals surface area (Å²) >= 11 is 1.98. The third-order valence-corrected chi connectivity index (χ3v) is 5.20. The molecule has 102 valence electrons. The van der Waals surface area contributed by atoms with Gasteiger partial charge in [-0.25, -0.2) is 4.98 Å². The Kier molecular flexibility index (Phi) is 3.05. The fourth-order valence-corrected chi connectivity index (χ4v) is 4.20. The van der Waals surface area contributed by atoms with Crippen molar-refractivity contribution in [2.24, 2.45) is 0 Å². The first kappa shape index (κ1) is 12.1. The van der Waals surface area contributed by atoms with Crippen LogP contribution in [0.4, 0.5) is 0 Å². The lowest BCUT2D eigenvalue weighted by Gasteiger charge is -2.04. The van der Waals surface area contributed by atoms with Crippen molar-refractivity contribution < 1.29 is 0 Å². The maximum atomic E-state index is 4.32. The molecule has 3 aromatic rings. The van der Waals surface area contributed by atoms with Gasteiger partial charge < -0.3 is 10.3 Å². The summed E-state index contributed by atoms with van der Waals surface area (Å²) in [5.74, 6) is 0. The molecule has 1 aliphatic carbocycles. The highest BCUT2D eigenvalue weighted by molar-refractivity contribution is 7.12. The van der Waals surface area contributed by atoms with Gasteiger partial charge in [-0.3, -0.25) is 0 Å². The number of nitrogens with one attached hydrogen (secondary N) is 2. The normalized spacial score (nSPS) is 14.0. The molecule has 0 atom stereocenters. The SMILES string of the molecule is c1cc(CNCc2cc3c(s2)CCC3)c2cc[nH]c2n1. The molecule has 3 aromatic heterocycles. The van der Waals surface area contributed by atoms with Crippen molar-refractivity contribution in [2.45, 2.75) is 32.4 Å². The topological polar surface area (TPSA) is 40.7 Å². The van der Waals surface area contributed by atoms with E-state index in [-0.39, 0.29) is 0 Å². The molecule has 0 spiro atoms. The molecule has 3 heterocycles. The highest BCUT2D eigenvalue weighted by Crippen LogP contribution is 2.30. The van der Waals surface area contributed by atoms with E-state index in [0.717, 1.165) is 18.7 Å². The second kappa shape index (κ2) is 5.04. The molecule has 3 nitrogen and oxygen atoms in total. The number of aromatic nitrogens is 2. The molecule has 2 N–H and O–H groups in total. The minimum Gasteiger partial charge on any atom is -0.346 e. The molecule has 0 radical (unpaired) electrons. The highest BCUT2D eigenvalue weighted by atomic mass is 32.1. The summed E-state index contributed by atoms with van der Waals surface area (Å²) in [7, 11) is 0. The molecule has 0 unspecified atom stereocenters. The lowest BCUT2D eigenvalue weighted by Crippen LogP contribution is -2.12. The summed E-state index contributed by atoms with van der Waals surface area (Å²) in [5.41, 5.74) is 3.86. The lowest BCUT2D eigenvalue weighted by atomic mass is 10.2. The van der Waals surface area contributed by atoms with Crippen LogP contribution in [0.3, 0.4) is 0 Å². The summed E-state index contributed by atoms with van der Waals surface area (Å²) in [6.07, 6.45) is 7.73. The van der Waals surface area contributed by atoms with Crippen LogP contribution in [0.2, 0.25) is 0 Å². The molecule has 0 aromatic carbocycles. The van der Waals surface area contributed by atoms with Crippen LogP contribution < -0.4 is 5.32 Å². The van der Waals surface area contributed by atoms with Gasteiger partial charge in [0, 0.05) is 40.6 Å². The van der Waals surface area contributed by atoms with Crippen molar-refractivity contribution in [2.75, 3.05) is 0 Å². The first-order chi connectivity index (χ1) is 9.90. The number of pyridine rings is 1. The van der Waals surface area contributed by atoms with Gasteiger partial charge in [0.2, 0.25) is 0 Å². The van der Waals surface area contributed by atoms with Crippen LogP contribution in [0.5, 0.6) is 0 Å². The molecule has 0 amide bonds. The Balaban J connectivity index is 1.44. The van der Waals surface area contributed by atoms with E-state index in [1.165, 1.54) is 35.1 Å². The first-order valence-electron chi connectivity index (χ1n) is 7.12. The predicted molar refractivity (Wildman–Crippen MR) is 83.0 cm³/mol. The van der Waals surface area contributed by atoms with Gasteiger partial charge in [-0.05, 0) is 48.6 Å². The minimum absolute atomic E-state index is 0.888. The molecule has 0 aliphatic heterocycles. The average molecular weight is 283 g/mol. The fourth-order valence-electron chi connectivity index (χ4n) is 2.97. The van der Waals surface area contributed by atoms with Gasteiger partial charge in [0.05, 0.1) is 0 Å². The van der Waals surface area contributed by atoms with Gasteiger partial charge in [0.15, 0.2) is 0 Å². The second-order valence-corrected chi connectivity index (χ2v) is 6.55. The number of fused-ring (bicyclic) bond motifs is 2. The van der Waals surface area contributed by atoms with Gasteiger partial charge in [-0.2, -0.15) is 0 Å². The van der Waals surface area contributed by atoms with Crippen molar-refractivity contribution in [1.82, 2.24) is 15.3 Å². The molecule has 4 heteroatoms. The van der Waals surface area contributed by atoms with Crippen LogP contribution >= 0.6 is 11.3 Å². The number of hydrogen-bond acceptors (Lipinski definition) is 3. The largest absolute Gasteiger partial charge is 0.346 e. The zero-order chi connectivity index (χ0) is 13.4. The van der Waals surface area contributed by atoms with Gasteiger partial charge in [-0.15, -0.1) is 11.3 Å². The van der Waals surface area contributed by atoms with Crippen molar-refractivity contribution in [1.29, 1.82) is 0 Å². The second-order valence-electron chi connectivity index (χ2n) is 5.33. The van der Waals surface area contributed by atoms with Crippen LogP contribution in [-0.4, -0.2) is 9.97 Å². The van der Waals surface area contributed by atoms with Crippen LogP contribution in [0.15, 0.2) is 30.6 Å². The standard InChI is InChI=1S/C16H17N3S/c1-2-11-8-13(20-15(11)3-1)10-17-9-12-4-6-18-16-14(12)5-7-19-16/h4-8,17H,1-3,9-10H2,(H,18,19). The maximum absolute atomic E-state index is 4.32. The molecule has 0 bridgehead atoms. The number of hydrogen-bond donors (Lipinski definition) is 2. The molecule has 4 rings (SSSR count). The Morgan fingerprint density at radius 2 is 2.25 bits per heavy atom. The summed E-state index contributed by atoms with van der Waals surface area (Å²) in [5, 5.41) is 4.77. The van der Waals surface area contributed by atoms with E-state index in [2.05, 4.69) is 33.5 Å². The van der Waals surface area contributed by atoms with E-state index >= 15 is 0 Å². The maximum Gasteiger partial charge on any atom is 0.137 e. The number of aromatic amines is 1. The molecule has 20 heavy (non-hydrogen) atoms. The molecular weight excluding hydrogens is 266 g/mol. The first-order valence-corrected chi connectivity index (χ1v) is 7.94. The highest BCUT2D eigenvalue weighted by Gasteiger charge is 2.14. The van der Waals surface area contributed by atoms with E-state index in [9.17, 15) is 0 Å². The summed E-state index contributed by atoms with van der Waals surface area (Å²) in [4.78, 5) is 10.6. The fraction of sp³-hybridized carbons (Fsp3) is 0.312. The van der Waals surface area contributed by atoms with E-state index in [1.807, 2.05) is 23.7 Å². The van der Waals surface area contributed by atoms with E-state index < -0.39 is 0 Å². The predicted octanol–water partition coefficient (Wildman–Crippen LogP) is 3.40. The molecular formula is C16H17N3S. The average Bonchev–Trinajstić information content (AvgIpc) is 3.13. The summed E-state index contributed by atoms with van der Waals surface area (Å²) in [6.45, 7) is 1.85. The number of H-pyrrole nitrogens is 1.